The van der Waals surface area contributed by atoms with Crippen LogP contribution in [0, 0.1) is 0 Å². The Hall–Kier alpha value is -2.28. The van der Waals surface area contributed by atoms with Gasteiger partial charge in [-0.3, -0.25) is 33.7 Å². The Morgan fingerprint density at radius 1 is 0.895 bits per heavy atom. The maximum absolute atomic E-state index is 12.5. The highest BCUT2D eigenvalue weighted by atomic mass is 32.2. The van der Waals surface area contributed by atoms with Gasteiger partial charge < -0.3 is 21.3 Å². The van der Waals surface area contributed by atoms with Gasteiger partial charge in [-0.15, -0.1) is 23.5 Å². The molecule has 216 valence electrons. The van der Waals surface area contributed by atoms with E-state index in [2.05, 4.69) is 28.2 Å². The van der Waals surface area contributed by atoms with Crippen LogP contribution in [-0.4, -0.2) is 87.6 Å². The second kappa shape index (κ2) is 18.1. The highest BCUT2D eigenvalue weighted by Crippen LogP contribution is 2.24. The maximum atomic E-state index is 12.5. The first kappa shape index (κ1) is 33.7. The van der Waals surface area contributed by atoms with Gasteiger partial charge in [0.05, 0.1) is 11.1 Å². The summed E-state index contributed by atoms with van der Waals surface area (Å²) in [7, 11) is 0. The van der Waals surface area contributed by atoms with Crippen molar-refractivity contribution in [3.63, 3.8) is 0 Å². The summed E-state index contributed by atoms with van der Waals surface area (Å²) in [5.74, 6) is -0.362. The summed E-state index contributed by atoms with van der Waals surface area (Å²) < 4.78 is 0. The van der Waals surface area contributed by atoms with Crippen LogP contribution in [0.4, 0.5) is 0 Å². The quantitative estimate of drug-likeness (QED) is 0.108. The third kappa shape index (κ3) is 12.1. The van der Waals surface area contributed by atoms with Crippen LogP contribution < -0.4 is 21.3 Å². The highest BCUT2D eigenvalue weighted by Gasteiger charge is 2.38. The van der Waals surface area contributed by atoms with E-state index in [-0.39, 0.29) is 37.1 Å². The fraction of sp³-hybridized carbons (Fsp3) is 0.760. The Kier molecular flexibility index (Phi) is 16.1. The molecule has 1 aliphatic rings. The number of hydrogen-bond donors (Lipinski definition) is 4. The van der Waals surface area contributed by atoms with Crippen LogP contribution in [0.1, 0.15) is 73.1 Å². The Bertz CT molecular complexity index is 843. The highest BCUT2D eigenvalue weighted by molar-refractivity contribution is 8.00. The number of carbonyl (C=O) groups is 6. The number of thioether (sulfide) groups is 2. The Balaban J connectivity index is 2.34. The number of likely N-dealkylation sites (tertiary alicyclic amines) is 1. The molecule has 0 aromatic carbocycles. The van der Waals surface area contributed by atoms with E-state index in [1.54, 1.807) is 18.7 Å². The molecular formula is C25H43N5O6S2. The molecule has 0 saturated carbocycles. The van der Waals surface area contributed by atoms with Gasteiger partial charge in [0.25, 0.3) is 0 Å². The van der Waals surface area contributed by atoms with E-state index >= 15 is 0 Å². The van der Waals surface area contributed by atoms with Gasteiger partial charge in [-0.25, -0.2) is 0 Å². The Labute approximate surface area is 234 Å². The standard InChI is InChI=1S/C25H43N5O6S2/c1-6-8-9-10-13-37-15-26-22(33)16(3)28-24(35)18(5)29-23(34)17(4)27-20(31)11-12-30-21(32)14-19(25(30)36)38-7-2/h16-19H,6-15H2,1-5H3,(H,26,33)(H,27,31)(H,28,35)(H,29,34). The molecule has 6 amide bonds. The van der Waals surface area contributed by atoms with Crippen LogP contribution in [-0.2, 0) is 28.8 Å². The molecular weight excluding hydrogens is 530 g/mol. The molecule has 4 N–H and O–H groups in total. The van der Waals surface area contributed by atoms with E-state index in [9.17, 15) is 28.8 Å². The molecule has 4 unspecified atom stereocenters. The summed E-state index contributed by atoms with van der Waals surface area (Å²) >= 11 is 3.03. The second-order valence-electron chi connectivity index (χ2n) is 9.19. The van der Waals surface area contributed by atoms with Gasteiger partial charge in [0.1, 0.15) is 18.1 Å². The summed E-state index contributed by atoms with van der Waals surface area (Å²) in [4.78, 5) is 74.8. The monoisotopic (exact) mass is 573 g/mol. The summed E-state index contributed by atoms with van der Waals surface area (Å²) in [6, 6.07) is -2.65. The summed E-state index contributed by atoms with van der Waals surface area (Å²) in [6.07, 6.45) is 4.67. The molecule has 1 aliphatic heterocycles. The fourth-order valence-electron chi connectivity index (χ4n) is 3.60. The summed E-state index contributed by atoms with van der Waals surface area (Å²) in [6.45, 7) is 8.53. The van der Waals surface area contributed by atoms with Crippen LogP contribution in [0.3, 0.4) is 0 Å². The van der Waals surface area contributed by atoms with Crippen molar-refractivity contribution in [2.24, 2.45) is 0 Å². The van der Waals surface area contributed by atoms with Crippen molar-refractivity contribution in [3.8, 4) is 0 Å². The van der Waals surface area contributed by atoms with Crippen LogP contribution >= 0.6 is 23.5 Å². The summed E-state index contributed by atoms with van der Waals surface area (Å²) in [5, 5.41) is 9.97. The molecule has 38 heavy (non-hydrogen) atoms. The van der Waals surface area contributed by atoms with Crippen LogP contribution in [0.5, 0.6) is 0 Å². The Morgan fingerprint density at radius 2 is 1.50 bits per heavy atom. The lowest BCUT2D eigenvalue weighted by Crippen LogP contribution is -2.54. The van der Waals surface area contributed by atoms with E-state index in [1.807, 2.05) is 6.92 Å². The van der Waals surface area contributed by atoms with Crippen molar-refractivity contribution in [3.05, 3.63) is 0 Å². The predicted molar refractivity (Wildman–Crippen MR) is 150 cm³/mol. The van der Waals surface area contributed by atoms with Crippen molar-refractivity contribution in [1.82, 2.24) is 26.2 Å². The van der Waals surface area contributed by atoms with Crippen LogP contribution in [0.2, 0.25) is 0 Å². The minimum Gasteiger partial charge on any atom is -0.345 e. The lowest BCUT2D eigenvalue weighted by molar-refractivity contribution is -0.139. The number of imide groups is 1. The minimum atomic E-state index is -0.943. The van der Waals surface area contributed by atoms with Crippen molar-refractivity contribution in [2.45, 2.75) is 96.5 Å². The number of hydrogen-bond acceptors (Lipinski definition) is 8. The van der Waals surface area contributed by atoms with Crippen LogP contribution in [0.15, 0.2) is 0 Å². The average Bonchev–Trinajstić information content (AvgIpc) is 3.13. The minimum absolute atomic E-state index is 0.0469. The van der Waals surface area contributed by atoms with Crippen molar-refractivity contribution >= 4 is 59.0 Å². The van der Waals surface area contributed by atoms with Gasteiger partial charge in [-0.2, -0.15) is 0 Å². The van der Waals surface area contributed by atoms with E-state index in [0.29, 0.717) is 11.6 Å². The fourth-order valence-corrected chi connectivity index (χ4v) is 5.33. The average molecular weight is 574 g/mol. The SMILES string of the molecule is CCCCCCSCNC(=O)C(C)NC(=O)C(C)NC(=O)C(C)NC(=O)CCN1C(=O)CC(SCC)C1=O. The number of unbranched alkanes of at least 4 members (excludes halogenated alkanes) is 3. The molecule has 0 aromatic rings. The summed E-state index contributed by atoms with van der Waals surface area (Å²) in [5.41, 5.74) is 0. The van der Waals surface area contributed by atoms with E-state index < -0.39 is 41.1 Å². The first-order valence-electron chi connectivity index (χ1n) is 13.2. The van der Waals surface area contributed by atoms with E-state index in [4.69, 9.17) is 0 Å². The van der Waals surface area contributed by atoms with E-state index in [0.717, 1.165) is 17.1 Å². The molecule has 0 radical (unpaired) electrons. The van der Waals surface area contributed by atoms with Crippen LogP contribution in [0.25, 0.3) is 0 Å². The molecule has 11 nitrogen and oxygen atoms in total. The van der Waals surface area contributed by atoms with Crippen molar-refractivity contribution in [1.29, 1.82) is 0 Å². The van der Waals surface area contributed by atoms with Gasteiger partial charge in [0.15, 0.2) is 0 Å². The lowest BCUT2D eigenvalue weighted by Gasteiger charge is -2.21. The normalized spacial score (nSPS) is 17.5. The van der Waals surface area contributed by atoms with Crippen molar-refractivity contribution in [2.75, 3.05) is 23.9 Å². The molecule has 0 spiro atoms. The second-order valence-corrected chi connectivity index (χ2v) is 11.8. The molecule has 4 atom stereocenters. The first-order valence-corrected chi connectivity index (χ1v) is 15.4. The molecule has 0 aliphatic carbocycles. The van der Waals surface area contributed by atoms with Gasteiger partial charge in [-0.05, 0) is 38.7 Å². The lowest BCUT2D eigenvalue weighted by atomic mass is 10.2. The van der Waals surface area contributed by atoms with Gasteiger partial charge >= 0.3 is 0 Å². The third-order valence-corrected chi connectivity index (χ3v) is 7.93. The number of rotatable bonds is 18. The maximum Gasteiger partial charge on any atom is 0.242 e. The third-order valence-electron chi connectivity index (χ3n) is 5.90. The number of nitrogens with zero attached hydrogens (tertiary/aromatic N) is 1. The smallest absolute Gasteiger partial charge is 0.242 e. The van der Waals surface area contributed by atoms with Crippen molar-refractivity contribution < 1.29 is 28.8 Å². The van der Waals surface area contributed by atoms with Gasteiger partial charge in [-0.1, -0.05) is 33.1 Å². The Morgan fingerprint density at radius 3 is 2.11 bits per heavy atom. The van der Waals surface area contributed by atoms with Gasteiger partial charge in [0.2, 0.25) is 35.4 Å². The zero-order chi connectivity index (χ0) is 28.7. The molecule has 0 bridgehead atoms. The molecule has 13 heteroatoms. The largest absolute Gasteiger partial charge is 0.345 e. The zero-order valence-corrected chi connectivity index (χ0v) is 24.7. The molecule has 1 heterocycles. The molecule has 1 saturated heterocycles. The number of amides is 6. The zero-order valence-electron chi connectivity index (χ0n) is 23.1. The topological polar surface area (TPSA) is 154 Å². The number of carbonyl (C=O) groups excluding carboxylic acids is 6. The number of nitrogens with one attached hydrogen (secondary N) is 4. The van der Waals surface area contributed by atoms with Gasteiger partial charge in [0, 0.05) is 19.4 Å². The first-order chi connectivity index (χ1) is 18.0. The molecule has 1 fully saturated rings. The molecule has 0 aromatic heterocycles. The predicted octanol–water partition coefficient (Wildman–Crippen LogP) is 1.16. The van der Waals surface area contributed by atoms with E-state index in [1.165, 1.54) is 44.9 Å². The molecule has 1 rings (SSSR count).